The summed E-state index contributed by atoms with van der Waals surface area (Å²) in [6.07, 6.45) is 6.52. The van der Waals surface area contributed by atoms with Gasteiger partial charge in [0.2, 0.25) is 5.91 Å². The lowest BCUT2D eigenvalue weighted by Crippen LogP contribution is -2.51. The maximum atomic E-state index is 13.8. The van der Waals surface area contributed by atoms with Crippen LogP contribution in [0.25, 0.3) is 0 Å². The molecule has 182 valence electrons. The molecule has 0 saturated heterocycles. The Hall–Kier alpha value is -2.80. The number of carbonyl (C=O) groups is 1. The minimum atomic E-state index is -0.402. The number of hydrogen-bond acceptors (Lipinski definition) is 5. The lowest BCUT2D eigenvalue weighted by molar-refractivity contribution is 0.0428. The van der Waals surface area contributed by atoms with Crippen molar-refractivity contribution in [1.29, 1.82) is 0 Å². The van der Waals surface area contributed by atoms with Gasteiger partial charge in [-0.1, -0.05) is 6.42 Å². The van der Waals surface area contributed by atoms with Gasteiger partial charge in [0.05, 0.1) is 5.69 Å². The number of nitrogens with two attached hydrogens (primary N) is 1. The number of amides is 1. The summed E-state index contributed by atoms with van der Waals surface area (Å²) in [5.41, 5.74) is 10.4. The van der Waals surface area contributed by atoms with Crippen LogP contribution in [-0.2, 0) is 6.42 Å². The number of rotatable bonds is 8. The quantitative estimate of drug-likeness (QED) is 0.612. The van der Waals surface area contributed by atoms with Crippen LogP contribution >= 0.6 is 0 Å². The summed E-state index contributed by atoms with van der Waals surface area (Å²) >= 11 is 0. The number of benzene rings is 2. The van der Waals surface area contributed by atoms with E-state index in [1.165, 1.54) is 25.3 Å². The van der Waals surface area contributed by atoms with Crippen molar-refractivity contribution >= 4 is 17.3 Å². The van der Waals surface area contributed by atoms with E-state index >= 15 is 0 Å². The smallest absolute Gasteiger partial charge is 0.249 e. The number of primary amides is 1. The Labute approximate surface area is 201 Å². The molecule has 5 rings (SSSR count). The molecule has 1 fully saturated rings. The minimum Gasteiger partial charge on any atom is -0.489 e. The van der Waals surface area contributed by atoms with Crippen molar-refractivity contribution in [3.63, 3.8) is 0 Å². The third-order valence-electron chi connectivity index (χ3n) is 7.82. The summed E-state index contributed by atoms with van der Waals surface area (Å²) in [4.78, 5) is 16.8. The molecule has 2 aliphatic heterocycles. The lowest BCUT2D eigenvalue weighted by Gasteiger charge is -2.44. The van der Waals surface area contributed by atoms with Crippen LogP contribution in [0.15, 0.2) is 30.3 Å². The molecule has 2 atom stereocenters. The predicted molar refractivity (Wildman–Crippen MR) is 133 cm³/mol. The first-order chi connectivity index (χ1) is 16.4. The summed E-state index contributed by atoms with van der Waals surface area (Å²) in [5.74, 6) is 0.577. The fourth-order valence-corrected chi connectivity index (χ4v) is 5.78. The van der Waals surface area contributed by atoms with E-state index in [4.69, 9.17) is 10.5 Å². The van der Waals surface area contributed by atoms with E-state index in [0.29, 0.717) is 24.1 Å². The van der Waals surface area contributed by atoms with E-state index in [2.05, 4.69) is 10.2 Å². The molecule has 34 heavy (non-hydrogen) atoms. The van der Waals surface area contributed by atoms with Crippen LogP contribution < -0.4 is 20.7 Å². The lowest BCUT2D eigenvalue weighted by atomic mass is 9.87. The van der Waals surface area contributed by atoms with Crippen LogP contribution in [0.2, 0.25) is 0 Å². The average molecular weight is 467 g/mol. The summed E-state index contributed by atoms with van der Waals surface area (Å²) < 4.78 is 20.1. The number of fused-ring (bicyclic) bond motifs is 2. The highest BCUT2D eigenvalue weighted by Crippen LogP contribution is 2.40. The number of ether oxygens (including phenoxy) is 1. The fraction of sp³-hybridized carbons (Fsp3) is 0.519. The van der Waals surface area contributed by atoms with Gasteiger partial charge in [-0.15, -0.1) is 0 Å². The van der Waals surface area contributed by atoms with Crippen molar-refractivity contribution in [3.05, 3.63) is 52.8 Å². The Kier molecular flexibility index (Phi) is 6.38. The van der Waals surface area contributed by atoms with E-state index in [1.54, 1.807) is 6.07 Å². The molecule has 1 aliphatic carbocycles. The highest BCUT2D eigenvalue weighted by molar-refractivity contribution is 5.96. The van der Waals surface area contributed by atoms with Crippen molar-refractivity contribution in [3.8, 4) is 5.75 Å². The van der Waals surface area contributed by atoms with Crippen molar-refractivity contribution in [2.75, 3.05) is 44.0 Å². The standard InChI is InChI=1S/C27H35FN4O2/c1-31(2)25-11-9-21(27(29)33)23-14-20(16-34-26(23)25)32(19-6-3-7-19)12-4-5-17-15-30-24-10-8-18(28)13-22(17)24/h8-11,13,17,19-20,30H,3-7,12,14-16H2,1-2H3,(H2,29,33). The Morgan fingerprint density at radius 3 is 2.74 bits per heavy atom. The largest absolute Gasteiger partial charge is 0.489 e. The number of anilines is 2. The molecule has 6 nitrogen and oxygen atoms in total. The monoisotopic (exact) mass is 466 g/mol. The molecule has 0 bridgehead atoms. The predicted octanol–water partition coefficient (Wildman–Crippen LogP) is 4.14. The van der Waals surface area contributed by atoms with Crippen LogP contribution in [0, 0.1) is 5.82 Å². The Bertz CT molecular complexity index is 1070. The molecular weight excluding hydrogens is 431 g/mol. The summed E-state index contributed by atoms with van der Waals surface area (Å²) in [7, 11) is 3.97. The molecule has 0 aromatic heterocycles. The van der Waals surface area contributed by atoms with Gasteiger partial charge in [0, 0.05) is 55.5 Å². The van der Waals surface area contributed by atoms with E-state index < -0.39 is 5.91 Å². The molecule has 0 spiro atoms. The zero-order chi connectivity index (χ0) is 23.8. The van der Waals surface area contributed by atoms with Gasteiger partial charge in [-0.25, -0.2) is 4.39 Å². The number of nitrogens with zero attached hydrogens (tertiary/aromatic N) is 2. The molecule has 7 heteroatoms. The van der Waals surface area contributed by atoms with Crippen molar-refractivity contribution in [1.82, 2.24) is 4.90 Å². The molecule has 2 aromatic carbocycles. The minimum absolute atomic E-state index is 0.163. The first-order valence-electron chi connectivity index (χ1n) is 12.5. The summed E-state index contributed by atoms with van der Waals surface area (Å²) in [6, 6.07) is 9.59. The topological polar surface area (TPSA) is 70.8 Å². The third kappa shape index (κ3) is 4.33. The highest BCUT2D eigenvalue weighted by atomic mass is 19.1. The second-order valence-corrected chi connectivity index (χ2v) is 10.1. The van der Waals surface area contributed by atoms with Gasteiger partial charge >= 0.3 is 0 Å². The van der Waals surface area contributed by atoms with Gasteiger partial charge in [0.15, 0.2) is 0 Å². The van der Waals surface area contributed by atoms with Gasteiger partial charge in [-0.2, -0.15) is 0 Å². The molecular formula is C27H35FN4O2. The molecule has 1 saturated carbocycles. The second kappa shape index (κ2) is 9.45. The molecule has 3 N–H and O–H groups in total. The Morgan fingerprint density at radius 1 is 1.21 bits per heavy atom. The highest BCUT2D eigenvalue weighted by Gasteiger charge is 2.35. The van der Waals surface area contributed by atoms with E-state index in [9.17, 15) is 9.18 Å². The normalized spacial score (nSPS) is 21.3. The second-order valence-electron chi connectivity index (χ2n) is 10.1. The number of hydrogen-bond donors (Lipinski definition) is 2. The summed E-state index contributed by atoms with van der Waals surface area (Å²) in [5, 5.41) is 3.42. The molecule has 2 aromatic rings. The molecule has 2 heterocycles. The van der Waals surface area contributed by atoms with Crippen LogP contribution in [0.3, 0.4) is 0 Å². The first-order valence-corrected chi connectivity index (χ1v) is 12.5. The first kappa shape index (κ1) is 23.0. The van der Waals surface area contributed by atoms with Crippen molar-refractivity contribution < 1.29 is 13.9 Å². The summed E-state index contributed by atoms with van der Waals surface area (Å²) in [6.45, 7) is 2.47. The van der Waals surface area contributed by atoms with E-state index in [-0.39, 0.29) is 11.9 Å². The maximum Gasteiger partial charge on any atom is 0.249 e. The van der Waals surface area contributed by atoms with Gasteiger partial charge in [-0.05, 0) is 74.5 Å². The van der Waals surface area contributed by atoms with Crippen LogP contribution in [-0.4, -0.2) is 56.7 Å². The van der Waals surface area contributed by atoms with E-state index in [0.717, 1.165) is 60.6 Å². The van der Waals surface area contributed by atoms with Gasteiger partial charge < -0.3 is 20.7 Å². The molecule has 2 unspecified atom stereocenters. The average Bonchev–Trinajstić information content (AvgIpc) is 3.17. The third-order valence-corrected chi connectivity index (χ3v) is 7.82. The molecule has 0 radical (unpaired) electrons. The molecule has 3 aliphatic rings. The number of carbonyl (C=O) groups excluding carboxylic acids is 1. The Morgan fingerprint density at radius 2 is 2.03 bits per heavy atom. The van der Waals surface area contributed by atoms with E-state index in [1.807, 2.05) is 37.2 Å². The van der Waals surface area contributed by atoms with Crippen molar-refractivity contribution in [2.24, 2.45) is 5.73 Å². The van der Waals surface area contributed by atoms with Crippen molar-refractivity contribution in [2.45, 2.75) is 56.5 Å². The maximum absolute atomic E-state index is 13.8. The van der Waals surface area contributed by atoms with Gasteiger partial charge in [0.1, 0.15) is 18.2 Å². The zero-order valence-electron chi connectivity index (χ0n) is 20.1. The van der Waals surface area contributed by atoms with Gasteiger partial charge in [-0.3, -0.25) is 9.69 Å². The SMILES string of the molecule is CN(C)c1ccc(C(N)=O)c2c1OCC(N(CCCC1CNc3ccc(F)cc31)C1CCC1)C2. The number of halogens is 1. The Balaban J connectivity index is 1.31. The van der Waals surface area contributed by atoms with Crippen LogP contribution in [0.4, 0.5) is 15.8 Å². The fourth-order valence-electron chi connectivity index (χ4n) is 5.78. The number of nitrogens with one attached hydrogen (secondary N) is 1. The van der Waals surface area contributed by atoms with Gasteiger partial charge in [0.25, 0.3) is 0 Å². The molecule has 1 amide bonds. The van der Waals surface area contributed by atoms with Crippen LogP contribution in [0.1, 0.15) is 59.5 Å². The van der Waals surface area contributed by atoms with Crippen LogP contribution in [0.5, 0.6) is 5.75 Å². The zero-order valence-corrected chi connectivity index (χ0v) is 20.1.